The van der Waals surface area contributed by atoms with Crippen molar-refractivity contribution in [3.8, 4) is 0 Å². The molecule has 0 atom stereocenters. The van der Waals surface area contributed by atoms with Gasteiger partial charge in [-0.1, -0.05) is 12.2 Å². The van der Waals surface area contributed by atoms with E-state index >= 15 is 0 Å². The van der Waals surface area contributed by atoms with Crippen molar-refractivity contribution in [2.75, 3.05) is 25.5 Å². The molecular weight excluding hydrogens is 275 g/mol. The largest absolute Gasteiger partial charge is 0.465 e. The summed E-state index contributed by atoms with van der Waals surface area (Å²) in [6, 6.07) is 3.44. The van der Waals surface area contributed by atoms with Gasteiger partial charge in [-0.2, -0.15) is 0 Å². The molecule has 0 saturated carbocycles. The molecule has 0 heterocycles. The zero-order valence-corrected chi connectivity index (χ0v) is 12.4. The molecule has 0 aromatic heterocycles. The van der Waals surface area contributed by atoms with Gasteiger partial charge in [-0.15, -0.1) is 0 Å². The van der Waals surface area contributed by atoms with Gasteiger partial charge in [0.15, 0.2) is 0 Å². The van der Waals surface area contributed by atoms with Crippen LogP contribution in [0, 0.1) is 5.82 Å². The summed E-state index contributed by atoms with van der Waals surface area (Å²) in [5.41, 5.74) is 0.939. The number of carbonyl (C=O) groups is 2. The third kappa shape index (κ3) is 4.59. The first-order chi connectivity index (χ1) is 9.88. The molecule has 1 aromatic rings. The highest BCUT2D eigenvalue weighted by atomic mass is 19.1. The molecule has 5 nitrogen and oxygen atoms in total. The Bertz CT molecular complexity index is 558. The van der Waals surface area contributed by atoms with Gasteiger partial charge in [0, 0.05) is 18.8 Å². The summed E-state index contributed by atoms with van der Waals surface area (Å²) in [5.74, 6) is -1.51. The Morgan fingerprint density at radius 3 is 2.57 bits per heavy atom. The maximum absolute atomic E-state index is 13.8. The molecule has 0 radical (unpaired) electrons. The van der Waals surface area contributed by atoms with E-state index in [4.69, 9.17) is 0 Å². The minimum atomic E-state index is -0.761. The van der Waals surface area contributed by atoms with E-state index < -0.39 is 11.8 Å². The van der Waals surface area contributed by atoms with Crippen LogP contribution in [0.2, 0.25) is 0 Å². The number of nitrogens with zero attached hydrogens (tertiary/aromatic N) is 1. The summed E-state index contributed by atoms with van der Waals surface area (Å²) in [5, 5.41) is 2.58. The predicted octanol–water partition coefficient (Wildman–Crippen LogP) is 3.04. The van der Waals surface area contributed by atoms with Gasteiger partial charge in [0.25, 0.3) is 0 Å². The molecule has 21 heavy (non-hydrogen) atoms. The first-order valence-electron chi connectivity index (χ1n) is 6.47. The number of hydrogen-bond acceptors (Lipinski definition) is 3. The number of amides is 2. The van der Waals surface area contributed by atoms with Crippen LogP contribution in [0.1, 0.15) is 24.2 Å². The minimum Gasteiger partial charge on any atom is -0.465 e. The summed E-state index contributed by atoms with van der Waals surface area (Å²) in [6.45, 7) is 8.33. The topological polar surface area (TPSA) is 58.6 Å². The number of ether oxygens (including phenoxy) is 1. The van der Waals surface area contributed by atoms with E-state index in [0.29, 0.717) is 13.1 Å². The van der Waals surface area contributed by atoms with Crippen molar-refractivity contribution in [3.05, 3.63) is 41.7 Å². The number of hydrogen-bond donors (Lipinski definition) is 1. The minimum absolute atomic E-state index is 0.176. The van der Waals surface area contributed by atoms with Gasteiger partial charge < -0.3 is 15.0 Å². The fourth-order valence-corrected chi connectivity index (χ4v) is 1.72. The fourth-order valence-electron chi connectivity index (χ4n) is 1.72. The lowest BCUT2D eigenvalue weighted by atomic mass is 10.2. The molecule has 1 aromatic carbocycles. The highest BCUT2D eigenvalue weighted by molar-refractivity contribution is 5.92. The highest BCUT2D eigenvalue weighted by Gasteiger charge is 2.15. The Hall–Kier alpha value is -2.37. The molecule has 2 amide bonds. The van der Waals surface area contributed by atoms with E-state index in [9.17, 15) is 14.0 Å². The molecule has 1 rings (SSSR count). The number of urea groups is 1. The van der Waals surface area contributed by atoms with Gasteiger partial charge in [0.2, 0.25) is 0 Å². The summed E-state index contributed by atoms with van der Waals surface area (Å²) >= 11 is 0. The molecule has 6 heteroatoms. The molecule has 0 aliphatic carbocycles. The van der Waals surface area contributed by atoms with Crippen LogP contribution >= 0.6 is 0 Å². The average molecular weight is 294 g/mol. The van der Waals surface area contributed by atoms with Crippen molar-refractivity contribution >= 4 is 17.7 Å². The lowest BCUT2D eigenvalue weighted by Gasteiger charge is -2.21. The number of nitrogens with one attached hydrogen (secondary N) is 1. The summed E-state index contributed by atoms with van der Waals surface area (Å²) in [4.78, 5) is 24.8. The van der Waals surface area contributed by atoms with Crippen molar-refractivity contribution in [2.24, 2.45) is 0 Å². The maximum Gasteiger partial charge on any atom is 0.340 e. The summed E-state index contributed by atoms with van der Waals surface area (Å²) < 4.78 is 18.2. The fraction of sp³-hybridized carbons (Fsp3) is 0.333. The van der Waals surface area contributed by atoms with E-state index in [0.717, 1.165) is 11.6 Å². The second-order valence-electron chi connectivity index (χ2n) is 4.59. The lowest BCUT2D eigenvalue weighted by Crippen LogP contribution is -2.35. The van der Waals surface area contributed by atoms with Gasteiger partial charge in [0.1, 0.15) is 5.82 Å². The second-order valence-corrected chi connectivity index (χ2v) is 4.59. The van der Waals surface area contributed by atoms with Crippen LogP contribution in [0.5, 0.6) is 0 Å². The molecule has 114 valence electrons. The van der Waals surface area contributed by atoms with Crippen LogP contribution in [0.15, 0.2) is 30.4 Å². The number of anilines is 1. The zero-order chi connectivity index (χ0) is 16.0. The Morgan fingerprint density at radius 1 is 1.43 bits per heavy atom. The third-order valence-corrected chi connectivity index (χ3v) is 2.76. The monoisotopic (exact) mass is 294 g/mol. The zero-order valence-electron chi connectivity index (χ0n) is 12.4. The quantitative estimate of drug-likeness (QED) is 0.670. The normalized spacial score (nSPS) is 9.90. The average Bonchev–Trinajstić information content (AvgIpc) is 2.43. The Morgan fingerprint density at radius 2 is 2.10 bits per heavy atom. The van der Waals surface area contributed by atoms with Gasteiger partial charge in [-0.25, -0.2) is 14.0 Å². The number of methoxy groups -OCH3 is 1. The van der Waals surface area contributed by atoms with Gasteiger partial charge in [-0.05, 0) is 32.0 Å². The van der Waals surface area contributed by atoms with Crippen molar-refractivity contribution in [2.45, 2.75) is 13.8 Å². The predicted molar refractivity (Wildman–Crippen MR) is 78.8 cm³/mol. The standard InChI is InChI=1S/C15H19FN2O3/c1-5-18(9-10(2)3)15(20)17-11-6-7-12(13(16)8-11)14(19)21-4/h6-8H,2,5,9H2,1,3-4H3,(H,17,20). The molecule has 1 N–H and O–H groups in total. The SMILES string of the molecule is C=C(C)CN(CC)C(=O)Nc1ccc(C(=O)OC)c(F)c1. The van der Waals surface area contributed by atoms with Crippen molar-refractivity contribution in [1.29, 1.82) is 0 Å². The number of likely N-dealkylation sites (N-methyl/N-ethyl adjacent to an activating group) is 1. The molecule has 0 fully saturated rings. The molecule has 0 aliphatic rings. The van der Waals surface area contributed by atoms with E-state index in [-0.39, 0.29) is 17.3 Å². The van der Waals surface area contributed by atoms with E-state index in [1.54, 1.807) is 0 Å². The second kappa shape index (κ2) is 7.42. The molecule has 0 bridgehead atoms. The molecule has 0 spiro atoms. The number of benzene rings is 1. The van der Waals surface area contributed by atoms with Crippen molar-refractivity contribution < 1.29 is 18.7 Å². The van der Waals surface area contributed by atoms with Crippen LogP contribution in [0.25, 0.3) is 0 Å². The number of rotatable bonds is 5. The number of carbonyl (C=O) groups excluding carboxylic acids is 2. The molecule has 0 saturated heterocycles. The van der Waals surface area contributed by atoms with Crippen molar-refractivity contribution in [1.82, 2.24) is 4.90 Å². The summed E-state index contributed by atoms with van der Waals surface area (Å²) in [6.07, 6.45) is 0. The van der Waals surface area contributed by atoms with Gasteiger partial charge in [-0.3, -0.25) is 0 Å². The third-order valence-electron chi connectivity index (χ3n) is 2.76. The number of halogens is 1. The Kier molecular flexibility index (Phi) is 5.90. The Balaban J connectivity index is 2.83. The first-order valence-corrected chi connectivity index (χ1v) is 6.47. The van der Waals surface area contributed by atoms with Gasteiger partial charge >= 0.3 is 12.0 Å². The van der Waals surface area contributed by atoms with E-state index in [2.05, 4.69) is 16.6 Å². The lowest BCUT2D eigenvalue weighted by molar-refractivity contribution is 0.0595. The van der Waals surface area contributed by atoms with Crippen LogP contribution in [-0.2, 0) is 4.74 Å². The van der Waals surface area contributed by atoms with Crippen LogP contribution in [0.3, 0.4) is 0 Å². The molecular formula is C15H19FN2O3. The van der Waals surface area contributed by atoms with E-state index in [1.165, 1.54) is 24.1 Å². The van der Waals surface area contributed by atoms with Gasteiger partial charge in [0.05, 0.1) is 12.7 Å². The molecule has 0 unspecified atom stereocenters. The first kappa shape index (κ1) is 16.7. The Labute approximate surface area is 123 Å². The van der Waals surface area contributed by atoms with Crippen LogP contribution < -0.4 is 5.32 Å². The van der Waals surface area contributed by atoms with Crippen LogP contribution in [0.4, 0.5) is 14.9 Å². The molecule has 0 aliphatic heterocycles. The smallest absolute Gasteiger partial charge is 0.340 e. The van der Waals surface area contributed by atoms with Crippen LogP contribution in [-0.4, -0.2) is 37.1 Å². The highest BCUT2D eigenvalue weighted by Crippen LogP contribution is 2.16. The van der Waals surface area contributed by atoms with E-state index in [1.807, 2.05) is 13.8 Å². The number of esters is 1. The maximum atomic E-state index is 13.8. The van der Waals surface area contributed by atoms with Crippen molar-refractivity contribution in [3.63, 3.8) is 0 Å². The summed E-state index contributed by atoms with van der Waals surface area (Å²) in [7, 11) is 1.17.